The maximum atomic E-state index is 11.7. The van der Waals surface area contributed by atoms with Crippen LogP contribution in [0.5, 0.6) is 11.5 Å². The number of aromatic hydroxyl groups is 2. The topological polar surface area (TPSA) is 85.3 Å². The van der Waals surface area contributed by atoms with E-state index in [9.17, 15) is 15.0 Å². The molecule has 3 unspecified atom stereocenters. The average Bonchev–Trinajstić information content (AvgIpc) is 2.57. The Hall–Kier alpha value is -2.27. The zero-order valence-electron chi connectivity index (χ0n) is 12.7. The largest absolute Gasteiger partial charge is 0.504 e. The molecule has 120 valence electrons. The first-order chi connectivity index (χ1) is 11.1. The Morgan fingerprint density at radius 3 is 2.83 bits per heavy atom. The van der Waals surface area contributed by atoms with E-state index in [1.807, 2.05) is 12.1 Å². The number of benzene rings is 1. The molecule has 5 heteroatoms. The van der Waals surface area contributed by atoms with Crippen molar-refractivity contribution < 1.29 is 10.2 Å². The maximum Gasteiger partial charge on any atom is 0.248 e. The lowest BCUT2D eigenvalue weighted by atomic mass is 9.64. The molecular formula is C18H20N2O3. The first-order valence-corrected chi connectivity index (χ1v) is 8.08. The van der Waals surface area contributed by atoms with Crippen molar-refractivity contribution in [3.8, 4) is 11.5 Å². The van der Waals surface area contributed by atoms with Crippen molar-refractivity contribution in [1.29, 1.82) is 0 Å². The van der Waals surface area contributed by atoms with Crippen molar-refractivity contribution in [3.05, 3.63) is 57.5 Å². The molecule has 3 atom stereocenters. The summed E-state index contributed by atoms with van der Waals surface area (Å²) < 4.78 is 0. The van der Waals surface area contributed by atoms with Crippen molar-refractivity contribution >= 4 is 0 Å². The third-order valence-corrected chi connectivity index (χ3v) is 5.40. The molecule has 0 amide bonds. The third-order valence-electron chi connectivity index (χ3n) is 5.40. The minimum absolute atomic E-state index is 0.0126. The fourth-order valence-electron chi connectivity index (χ4n) is 4.33. The zero-order valence-corrected chi connectivity index (χ0v) is 12.7. The van der Waals surface area contributed by atoms with Gasteiger partial charge in [-0.2, -0.15) is 0 Å². The van der Waals surface area contributed by atoms with Gasteiger partial charge in [0.25, 0.3) is 0 Å². The summed E-state index contributed by atoms with van der Waals surface area (Å²) in [5.74, 6) is 0.833. The molecule has 1 saturated heterocycles. The summed E-state index contributed by atoms with van der Waals surface area (Å²) in [4.78, 5) is 14.4. The van der Waals surface area contributed by atoms with Crippen molar-refractivity contribution in [2.24, 2.45) is 5.92 Å². The molecule has 5 nitrogen and oxygen atoms in total. The molecule has 1 aromatic carbocycles. The highest BCUT2D eigenvalue weighted by atomic mass is 16.3. The number of fused-ring (bicyclic) bond motifs is 3. The van der Waals surface area contributed by atoms with Gasteiger partial charge in [-0.05, 0) is 54.5 Å². The summed E-state index contributed by atoms with van der Waals surface area (Å²) in [5, 5.41) is 23.6. The van der Waals surface area contributed by atoms with Gasteiger partial charge in [-0.3, -0.25) is 4.79 Å². The smallest absolute Gasteiger partial charge is 0.248 e. The van der Waals surface area contributed by atoms with E-state index in [0.717, 1.165) is 36.2 Å². The van der Waals surface area contributed by atoms with Crippen LogP contribution in [0, 0.1) is 5.92 Å². The highest BCUT2D eigenvalue weighted by Crippen LogP contribution is 2.50. The first-order valence-electron chi connectivity index (χ1n) is 8.08. The molecule has 4 rings (SSSR count). The first kappa shape index (κ1) is 14.3. The molecule has 4 N–H and O–H groups in total. The molecular weight excluding hydrogens is 292 g/mol. The predicted octanol–water partition coefficient (Wildman–Crippen LogP) is 1.82. The summed E-state index contributed by atoms with van der Waals surface area (Å²) in [6.07, 6.45) is 3.38. The molecule has 0 radical (unpaired) electrons. The van der Waals surface area contributed by atoms with E-state index in [0.29, 0.717) is 18.3 Å². The average molecular weight is 312 g/mol. The molecule has 1 aliphatic carbocycles. The van der Waals surface area contributed by atoms with Crippen molar-refractivity contribution in [2.45, 2.75) is 24.7 Å². The molecule has 2 heterocycles. The van der Waals surface area contributed by atoms with Gasteiger partial charge in [0.2, 0.25) is 5.56 Å². The standard InChI is InChI=1S/C18H20N2O3/c21-16-2-1-11-14(18(16)23)8-13(10-3-6-20-17(22)7-10)12-4-5-19-9-15(11)12/h1-3,6-7,12-13,15,19,21,23H,4-5,8-9H2,(H,20,22). The number of pyridine rings is 1. The van der Waals surface area contributed by atoms with E-state index in [-0.39, 0.29) is 23.0 Å². The molecule has 23 heavy (non-hydrogen) atoms. The minimum atomic E-state index is -0.0982. The minimum Gasteiger partial charge on any atom is -0.504 e. The van der Waals surface area contributed by atoms with E-state index in [1.54, 1.807) is 18.3 Å². The molecule has 2 aliphatic rings. The van der Waals surface area contributed by atoms with Crippen LogP contribution in [0.1, 0.15) is 34.9 Å². The fourth-order valence-corrected chi connectivity index (χ4v) is 4.33. The van der Waals surface area contributed by atoms with Crippen LogP contribution in [-0.2, 0) is 6.42 Å². The van der Waals surface area contributed by atoms with Gasteiger partial charge in [0.05, 0.1) is 0 Å². The SMILES string of the molecule is O=c1cc(C2Cc3c(ccc(O)c3O)C3CNCCC23)cc[nH]1. The normalized spacial score (nSPS) is 26.3. The molecule has 0 saturated carbocycles. The number of H-pyrrole nitrogens is 1. The number of hydrogen-bond acceptors (Lipinski definition) is 4. The molecule has 2 aromatic rings. The van der Waals surface area contributed by atoms with Crippen LogP contribution in [0.4, 0.5) is 0 Å². The number of phenolic OH excluding ortho intramolecular Hbond substituents is 2. The van der Waals surface area contributed by atoms with Crippen LogP contribution < -0.4 is 10.9 Å². The summed E-state index contributed by atoms with van der Waals surface area (Å²) in [5.41, 5.74) is 2.86. The van der Waals surface area contributed by atoms with Crippen LogP contribution >= 0.6 is 0 Å². The maximum absolute atomic E-state index is 11.7. The second-order valence-electron chi connectivity index (χ2n) is 6.56. The third kappa shape index (κ3) is 2.32. The summed E-state index contributed by atoms with van der Waals surface area (Å²) in [6, 6.07) is 7.13. The second-order valence-corrected chi connectivity index (χ2v) is 6.56. The molecule has 1 aromatic heterocycles. The Morgan fingerprint density at radius 1 is 1.13 bits per heavy atom. The molecule has 0 spiro atoms. The van der Waals surface area contributed by atoms with Gasteiger partial charge in [-0.25, -0.2) is 0 Å². The van der Waals surface area contributed by atoms with Crippen molar-refractivity contribution in [2.75, 3.05) is 13.1 Å². The van der Waals surface area contributed by atoms with Crippen molar-refractivity contribution in [1.82, 2.24) is 10.3 Å². The Bertz CT molecular complexity index is 799. The van der Waals surface area contributed by atoms with E-state index in [2.05, 4.69) is 10.3 Å². The number of aromatic nitrogens is 1. The van der Waals surface area contributed by atoms with E-state index < -0.39 is 0 Å². The fraction of sp³-hybridized carbons (Fsp3) is 0.389. The Kier molecular flexibility index (Phi) is 3.38. The summed E-state index contributed by atoms with van der Waals surface area (Å²) in [6.45, 7) is 1.84. The summed E-state index contributed by atoms with van der Waals surface area (Å²) in [7, 11) is 0. The van der Waals surface area contributed by atoms with Crippen LogP contribution in [-0.4, -0.2) is 28.3 Å². The lowest BCUT2D eigenvalue weighted by molar-refractivity contribution is 0.253. The highest BCUT2D eigenvalue weighted by molar-refractivity contribution is 5.53. The van der Waals surface area contributed by atoms with E-state index in [4.69, 9.17) is 0 Å². The van der Waals surface area contributed by atoms with E-state index in [1.165, 1.54) is 0 Å². The number of phenols is 2. The van der Waals surface area contributed by atoms with Gasteiger partial charge in [0.15, 0.2) is 11.5 Å². The lowest BCUT2D eigenvalue weighted by Crippen LogP contribution is -2.41. The second kappa shape index (κ2) is 5.42. The van der Waals surface area contributed by atoms with E-state index >= 15 is 0 Å². The van der Waals surface area contributed by atoms with Crippen LogP contribution in [0.2, 0.25) is 0 Å². The summed E-state index contributed by atoms with van der Waals surface area (Å²) >= 11 is 0. The van der Waals surface area contributed by atoms with Gasteiger partial charge < -0.3 is 20.5 Å². The number of nitrogens with one attached hydrogen (secondary N) is 2. The van der Waals surface area contributed by atoms with Crippen molar-refractivity contribution in [3.63, 3.8) is 0 Å². The monoisotopic (exact) mass is 312 g/mol. The number of hydrogen-bond donors (Lipinski definition) is 4. The quantitative estimate of drug-likeness (QED) is 0.605. The zero-order chi connectivity index (χ0) is 16.0. The van der Waals surface area contributed by atoms with Gasteiger partial charge in [0.1, 0.15) is 0 Å². The Labute approximate surface area is 134 Å². The molecule has 1 aliphatic heterocycles. The van der Waals surface area contributed by atoms with Gasteiger partial charge in [0, 0.05) is 30.3 Å². The predicted molar refractivity (Wildman–Crippen MR) is 87.0 cm³/mol. The van der Waals surface area contributed by atoms with Crippen LogP contribution in [0.3, 0.4) is 0 Å². The molecule has 0 bridgehead atoms. The molecule has 1 fully saturated rings. The van der Waals surface area contributed by atoms with Gasteiger partial charge in [-0.15, -0.1) is 0 Å². The van der Waals surface area contributed by atoms with Crippen LogP contribution in [0.15, 0.2) is 35.3 Å². The lowest BCUT2D eigenvalue weighted by Gasteiger charge is -2.43. The Morgan fingerprint density at radius 2 is 2.00 bits per heavy atom. The number of aromatic amines is 1. The number of piperidine rings is 1. The highest BCUT2D eigenvalue weighted by Gasteiger charge is 2.40. The van der Waals surface area contributed by atoms with Crippen LogP contribution in [0.25, 0.3) is 0 Å². The van der Waals surface area contributed by atoms with Gasteiger partial charge in [-0.1, -0.05) is 6.07 Å². The van der Waals surface area contributed by atoms with Gasteiger partial charge >= 0.3 is 0 Å². The number of rotatable bonds is 1. The Balaban J connectivity index is 1.85.